The molecule has 0 N–H and O–H groups in total. The summed E-state index contributed by atoms with van der Waals surface area (Å²) in [6.07, 6.45) is 0. The van der Waals surface area contributed by atoms with Gasteiger partial charge in [-0.25, -0.2) is 9.18 Å². The van der Waals surface area contributed by atoms with E-state index in [0.717, 1.165) is 22.2 Å². The molecule has 0 saturated heterocycles. The van der Waals surface area contributed by atoms with Crippen molar-refractivity contribution in [2.24, 2.45) is 0 Å². The Balaban J connectivity index is 1.95. The molecule has 0 unspecified atom stereocenters. The standard InChI is InChI=1S/C24H21FN2O2/c1-15-7-8-18(16(2)13-15)14-27-23(17-9-11-19(25)12-10-17)20-5-4-6-21(22(20)26-27)24(28)29-3/h4-13H,14H2,1-3H3. The number of halogens is 1. The van der Waals surface area contributed by atoms with Crippen LogP contribution in [0.4, 0.5) is 4.39 Å². The Hall–Kier alpha value is -3.47. The van der Waals surface area contributed by atoms with E-state index < -0.39 is 5.97 Å². The van der Waals surface area contributed by atoms with Gasteiger partial charge in [0, 0.05) is 10.9 Å². The Morgan fingerprint density at radius 1 is 1.07 bits per heavy atom. The first-order valence-corrected chi connectivity index (χ1v) is 9.38. The molecule has 0 aliphatic carbocycles. The van der Waals surface area contributed by atoms with E-state index in [4.69, 9.17) is 9.84 Å². The second kappa shape index (κ2) is 7.51. The topological polar surface area (TPSA) is 44.1 Å². The van der Waals surface area contributed by atoms with Gasteiger partial charge in [-0.1, -0.05) is 35.9 Å². The van der Waals surface area contributed by atoms with Crippen LogP contribution in [-0.2, 0) is 11.3 Å². The number of aromatic nitrogens is 2. The number of hydrogen-bond donors (Lipinski definition) is 0. The third kappa shape index (κ3) is 3.51. The van der Waals surface area contributed by atoms with Crippen molar-refractivity contribution in [1.29, 1.82) is 0 Å². The minimum Gasteiger partial charge on any atom is -0.465 e. The Labute approximate surface area is 168 Å². The van der Waals surface area contributed by atoms with E-state index >= 15 is 0 Å². The number of carbonyl (C=O) groups is 1. The molecule has 1 heterocycles. The molecule has 0 fully saturated rings. The van der Waals surface area contributed by atoms with Gasteiger partial charge in [-0.2, -0.15) is 5.10 Å². The number of nitrogens with zero attached hydrogens (tertiary/aromatic N) is 2. The molecular formula is C24H21FN2O2. The molecule has 0 amide bonds. The van der Waals surface area contributed by atoms with Gasteiger partial charge in [0.1, 0.15) is 11.3 Å². The molecule has 0 aliphatic heterocycles. The zero-order chi connectivity index (χ0) is 20.5. The molecule has 4 aromatic rings. The number of benzene rings is 3. The van der Waals surface area contributed by atoms with Crippen LogP contribution >= 0.6 is 0 Å². The Morgan fingerprint density at radius 2 is 1.83 bits per heavy atom. The zero-order valence-electron chi connectivity index (χ0n) is 16.6. The van der Waals surface area contributed by atoms with Crippen LogP contribution in [0.25, 0.3) is 22.2 Å². The highest BCUT2D eigenvalue weighted by molar-refractivity contribution is 6.06. The average molecular weight is 388 g/mol. The maximum absolute atomic E-state index is 13.5. The predicted octanol–water partition coefficient (Wildman–Crippen LogP) is 5.29. The van der Waals surface area contributed by atoms with E-state index in [1.165, 1.54) is 30.4 Å². The number of hydrogen-bond acceptors (Lipinski definition) is 3. The highest BCUT2D eigenvalue weighted by Crippen LogP contribution is 2.32. The molecule has 5 heteroatoms. The smallest absolute Gasteiger partial charge is 0.340 e. The van der Waals surface area contributed by atoms with Crippen LogP contribution in [0.1, 0.15) is 27.0 Å². The fourth-order valence-electron chi connectivity index (χ4n) is 3.64. The van der Waals surface area contributed by atoms with Crippen LogP contribution in [-0.4, -0.2) is 22.9 Å². The van der Waals surface area contributed by atoms with Crippen LogP contribution in [0.5, 0.6) is 0 Å². The summed E-state index contributed by atoms with van der Waals surface area (Å²) < 4.78 is 20.3. The van der Waals surface area contributed by atoms with Gasteiger partial charge >= 0.3 is 5.97 Å². The number of aryl methyl sites for hydroxylation is 2. The summed E-state index contributed by atoms with van der Waals surface area (Å²) in [5, 5.41) is 5.58. The lowest BCUT2D eigenvalue weighted by Gasteiger charge is -2.11. The van der Waals surface area contributed by atoms with Crippen molar-refractivity contribution in [2.75, 3.05) is 7.11 Å². The lowest BCUT2D eigenvalue weighted by Crippen LogP contribution is -2.06. The molecule has 0 radical (unpaired) electrons. The second-order valence-corrected chi connectivity index (χ2v) is 7.14. The lowest BCUT2D eigenvalue weighted by molar-refractivity contribution is 0.0602. The Morgan fingerprint density at radius 3 is 2.52 bits per heavy atom. The third-order valence-corrected chi connectivity index (χ3v) is 5.11. The Kier molecular flexibility index (Phi) is 4.89. The van der Waals surface area contributed by atoms with Crippen molar-refractivity contribution >= 4 is 16.9 Å². The van der Waals surface area contributed by atoms with Crippen molar-refractivity contribution in [3.63, 3.8) is 0 Å². The number of esters is 1. The minimum absolute atomic E-state index is 0.297. The number of ether oxygens (including phenoxy) is 1. The van der Waals surface area contributed by atoms with Gasteiger partial charge in [0.25, 0.3) is 0 Å². The molecular weight excluding hydrogens is 367 g/mol. The van der Waals surface area contributed by atoms with Gasteiger partial charge in [-0.05, 0) is 55.3 Å². The summed E-state index contributed by atoms with van der Waals surface area (Å²) in [6, 6.07) is 18.1. The fraction of sp³-hybridized carbons (Fsp3) is 0.167. The quantitative estimate of drug-likeness (QED) is 0.446. The van der Waals surface area contributed by atoms with E-state index in [9.17, 15) is 9.18 Å². The molecule has 3 aromatic carbocycles. The SMILES string of the molecule is COC(=O)c1cccc2c(-c3ccc(F)cc3)n(Cc3ccc(C)cc3C)nc12. The van der Waals surface area contributed by atoms with E-state index in [1.807, 2.05) is 16.8 Å². The first-order chi connectivity index (χ1) is 14.0. The highest BCUT2D eigenvalue weighted by Gasteiger charge is 2.20. The predicted molar refractivity (Wildman–Crippen MR) is 111 cm³/mol. The number of fused-ring (bicyclic) bond motifs is 1. The number of rotatable bonds is 4. The van der Waals surface area contributed by atoms with Gasteiger partial charge in [0.15, 0.2) is 0 Å². The fourth-order valence-corrected chi connectivity index (χ4v) is 3.64. The molecule has 1 aromatic heterocycles. The molecule has 0 atom stereocenters. The van der Waals surface area contributed by atoms with E-state index in [-0.39, 0.29) is 5.82 Å². The monoisotopic (exact) mass is 388 g/mol. The van der Waals surface area contributed by atoms with Crippen molar-refractivity contribution in [3.05, 3.63) is 88.7 Å². The highest BCUT2D eigenvalue weighted by atomic mass is 19.1. The van der Waals surface area contributed by atoms with Crippen molar-refractivity contribution in [2.45, 2.75) is 20.4 Å². The minimum atomic E-state index is -0.433. The van der Waals surface area contributed by atoms with Crippen molar-refractivity contribution in [1.82, 2.24) is 9.78 Å². The number of methoxy groups -OCH3 is 1. The molecule has 4 rings (SSSR count). The normalized spacial score (nSPS) is 11.0. The summed E-state index contributed by atoms with van der Waals surface area (Å²) in [4.78, 5) is 12.3. The molecule has 0 aliphatic rings. The molecule has 29 heavy (non-hydrogen) atoms. The van der Waals surface area contributed by atoms with Crippen LogP contribution in [0.2, 0.25) is 0 Å². The molecule has 0 spiro atoms. The van der Waals surface area contributed by atoms with E-state index in [0.29, 0.717) is 17.6 Å². The summed E-state index contributed by atoms with van der Waals surface area (Å²) in [5.41, 5.74) is 6.15. The van der Waals surface area contributed by atoms with Crippen LogP contribution in [0.3, 0.4) is 0 Å². The zero-order valence-corrected chi connectivity index (χ0v) is 16.6. The van der Waals surface area contributed by atoms with Gasteiger partial charge in [0.05, 0.1) is 24.9 Å². The summed E-state index contributed by atoms with van der Waals surface area (Å²) in [5.74, 6) is -0.730. The summed E-state index contributed by atoms with van der Waals surface area (Å²) in [6.45, 7) is 4.67. The molecule has 0 bridgehead atoms. The van der Waals surface area contributed by atoms with Gasteiger partial charge in [-0.3, -0.25) is 4.68 Å². The Bertz CT molecular complexity index is 1210. The van der Waals surface area contributed by atoms with Gasteiger partial charge in [0.2, 0.25) is 0 Å². The molecule has 4 nitrogen and oxygen atoms in total. The summed E-state index contributed by atoms with van der Waals surface area (Å²) in [7, 11) is 1.36. The molecule has 0 saturated carbocycles. The largest absolute Gasteiger partial charge is 0.465 e. The maximum atomic E-state index is 13.5. The van der Waals surface area contributed by atoms with Crippen molar-refractivity contribution < 1.29 is 13.9 Å². The lowest BCUT2D eigenvalue weighted by atomic mass is 10.0. The van der Waals surface area contributed by atoms with Gasteiger partial charge < -0.3 is 4.74 Å². The first-order valence-electron chi connectivity index (χ1n) is 9.38. The van der Waals surface area contributed by atoms with E-state index in [2.05, 4.69) is 32.0 Å². The number of carbonyl (C=O) groups excluding carboxylic acids is 1. The second-order valence-electron chi connectivity index (χ2n) is 7.14. The third-order valence-electron chi connectivity index (χ3n) is 5.11. The van der Waals surface area contributed by atoms with Crippen molar-refractivity contribution in [3.8, 4) is 11.3 Å². The van der Waals surface area contributed by atoms with Crippen LogP contribution in [0.15, 0.2) is 60.7 Å². The van der Waals surface area contributed by atoms with Crippen LogP contribution < -0.4 is 0 Å². The van der Waals surface area contributed by atoms with Crippen LogP contribution in [0, 0.1) is 19.7 Å². The van der Waals surface area contributed by atoms with Gasteiger partial charge in [-0.15, -0.1) is 0 Å². The molecule has 146 valence electrons. The first kappa shape index (κ1) is 18.9. The summed E-state index contributed by atoms with van der Waals surface area (Å²) >= 11 is 0. The van der Waals surface area contributed by atoms with E-state index in [1.54, 1.807) is 18.2 Å². The maximum Gasteiger partial charge on any atom is 0.340 e. The average Bonchev–Trinajstić information content (AvgIpc) is 3.08.